The fraction of sp³-hybridized carbons (Fsp3) is 0.391. The van der Waals surface area contributed by atoms with Crippen molar-refractivity contribution < 1.29 is 4.92 Å². The van der Waals surface area contributed by atoms with E-state index in [0.717, 1.165) is 37.9 Å². The molecule has 2 aliphatic rings. The molecule has 1 aliphatic carbocycles. The van der Waals surface area contributed by atoms with E-state index in [1.807, 2.05) is 12.1 Å². The maximum absolute atomic E-state index is 11.5. The summed E-state index contributed by atoms with van der Waals surface area (Å²) in [5.74, 6) is 0. The van der Waals surface area contributed by atoms with Crippen LogP contribution in [0.4, 0.5) is 5.69 Å². The van der Waals surface area contributed by atoms with Crippen molar-refractivity contribution in [2.75, 3.05) is 6.54 Å². The van der Waals surface area contributed by atoms with Crippen molar-refractivity contribution in [3.05, 3.63) is 75.0 Å². The minimum Gasteiger partial charge on any atom is -0.343 e. The Morgan fingerprint density at radius 1 is 1.14 bits per heavy atom. The number of aromatic nitrogens is 1. The zero-order valence-corrected chi connectivity index (χ0v) is 16.2. The number of nitro benzene ring substituents is 1. The van der Waals surface area contributed by atoms with Crippen molar-refractivity contribution >= 4 is 16.6 Å². The smallest absolute Gasteiger partial charge is 0.273 e. The van der Waals surface area contributed by atoms with Gasteiger partial charge in [-0.2, -0.15) is 0 Å². The van der Waals surface area contributed by atoms with Crippen LogP contribution in [0.15, 0.2) is 42.5 Å². The van der Waals surface area contributed by atoms with E-state index in [1.54, 1.807) is 12.1 Å². The second kappa shape index (κ2) is 6.74. The first-order valence-electron chi connectivity index (χ1n) is 10.2. The molecule has 1 atom stereocenters. The third kappa shape index (κ3) is 2.73. The quantitative estimate of drug-likeness (QED) is 0.470. The molecule has 0 spiro atoms. The zero-order chi connectivity index (χ0) is 19.3. The maximum atomic E-state index is 11.5. The Morgan fingerprint density at radius 2 is 2.00 bits per heavy atom. The third-order valence-electron chi connectivity index (χ3n) is 6.42. The first-order chi connectivity index (χ1) is 13.6. The maximum Gasteiger partial charge on any atom is 0.273 e. The van der Waals surface area contributed by atoms with Crippen LogP contribution in [0.5, 0.6) is 0 Å². The van der Waals surface area contributed by atoms with Gasteiger partial charge in [0, 0.05) is 47.9 Å². The molecule has 28 heavy (non-hydrogen) atoms. The Balaban J connectivity index is 1.59. The molecule has 0 saturated carbocycles. The van der Waals surface area contributed by atoms with Gasteiger partial charge in [-0.25, -0.2) is 0 Å². The van der Waals surface area contributed by atoms with Gasteiger partial charge in [0.15, 0.2) is 0 Å². The number of fused-ring (bicyclic) bond motifs is 3. The molecule has 5 heteroatoms. The van der Waals surface area contributed by atoms with E-state index < -0.39 is 0 Å². The molecule has 2 aromatic carbocycles. The third-order valence-corrected chi connectivity index (χ3v) is 6.42. The van der Waals surface area contributed by atoms with Crippen LogP contribution >= 0.6 is 0 Å². The first-order valence-corrected chi connectivity index (χ1v) is 10.2. The normalized spacial score (nSPS) is 19.4. The Labute approximate surface area is 164 Å². The molecule has 0 bridgehead atoms. The summed E-state index contributed by atoms with van der Waals surface area (Å²) >= 11 is 0. The Hall–Kier alpha value is -2.66. The second-order valence-electron chi connectivity index (χ2n) is 8.15. The first kappa shape index (κ1) is 17.4. The molecule has 0 N–H and O–H groups in total. The molecule has 3 aromatic rings. The highest BCUT2D eigenvalue weighted by Gasteiger charge is 2.34. The molecule has 0 amide bonds. The molecule has 144 valence electrons. The molecule has 0 saturated heterocycles. The summed E-state index contributed by atoms with van der Waals surface area (Å²) in [5, 5.41) is 12.9. The number of nitro groups is 1. The highest BCUT2D eigenvalue weighted by Crippen LogP contribution is 2.43. The van der Waals surface area contributed by atoms with Gasteiger partial charge in [0.1, 0.15) is 0 Å². The summed E-state index contributed by atoms with van der Waals surface area (Å²) in [6.45, 7) is 4.81. The van der Waals surface area contributed by atoms with E-state index in [4.69, 9.17) is 0 Å². The number of nitrogens with zero attached hydrogens (tertiary/aromatic N) is 3. The van der Waals surface area contributed by atoms with Gasteiger partial charge in [0.25, 0.3) is 5.69 Å². The van der Waals surface area contributed by atoms with Crippen LogP contribution < -0.4 is 0 Å². The van der Waals surface area contributed by atoms with Gasteiger partial charge >= 0.3 is 0 Å². The molecule has 0 unspecified atom stereocenters. The molecular formula is C23H25N3O2. The molecule has 5 rings (SSSR count). The number of aryl methyl sites for hydroxylation is 3. The van der Waals surface area contributed by atoms with E-state index >= 15 is 0 Å². The van der Waals surface area contributed by atoms with Crippen LogP contribution in [0.25, 0.3) is 10.9 Å². The molecule has 2 heterocycles. The van der Waals surface area contributed by atoms with Gasteiger partial charge in [-0.05, 0) is 50.3 Å². The van der Waals surface area contributed by atoms with Crippen molar-refractivity contribution in [3.8, 4) is 0 Å². The lowest BCUT2D eigenvalue weighted by atomic mass is 9.90. The van der Waals surface area contributed by atoms with E-state index in [9.17, 15) is 10.1 Å². The summed E-state index contributed by atoms with van der Waals surface area (Å²) < 4.78 is 2.54. The lowest BCUT2D eigenvalue weighted by molar-refractivity contribution is -0.385. The predicted molar refractivity (Wildman–Crippen MR) is 110 cm³/mol. The van der Waals surface area contributed by atoms with Crippen molar-refractivity contribution in [2.45, 2.75) is 51.7 Å². The zero-order valence-electron chi connectivity index (χ0n) is 16.2. The van der Waals surface area contributed by atoms with Crippen LogP contribution in [-0.4, -0.2) is 20.9 Å². The average Bonchev–Trinajstić information content (AvgIpc) is 2.88. The van der Waals surface area contributed by atoms with Crippen molar-refractivity contribution in [1.29, 1.82) is 0 Å². The fourth-order valence-corrected chi connectivity index (χ4v) is 5.23. The van der Waals surface area contributed by atoms with Crippen molar-refractivity contribution in [2.24, 2.45) is 0 Å². The van der Waals surface area contributed by atoms with Gasteiger partial charge < -0.3 is 4.57 Å². The monoisotopic (exact) mass is 375 g/mol. The standard InChI is InChI=1S/C23H25N3O2/c1-16-10-11-21-19(14-16)18-7-4-9-22-23(18)25(21)13-5-12-24(22)15-17-6-2-3-8-20(17)26(27)28/h2-3,6,8,10-11,14,22H,4-5,7,9,12-13,15H2,1H3/t22-/m0/s1. The highest BCUT2D eigenvalue weighted by atomic mass is 16.6. The van der Waals surface area contributed by atoms with Gasteiger partial charge in [0.05, 0.1) is 11.0 Å². The van der Waals surface area contributed by atoms with Crippen LogP contribution in [0, 0.1) is 17.0 Å². The van der Waals surface area contributed by atoms with E-state index in [0.29, 0.717) is 12.6 Å². The van der Waals surface area contributed by atoms with E-state index in [2.05, 4.69) is 34.6 Å². The van der Waals surface area contributed by atoms with Gasteiger partial charge in [-0.1, -0.05) is 29.8 Å². The van der Waals surface area contributed by atoms with Gasteiger partial charge in [0.2, 0.25) is 0 Å². The van der Waals surface area contributed by atoms with Crippen molar-refractivity contribution in [3.63, 3.8) is 0 Å². The number of hydrogen-bond donors (Lipinski definition) is 0. The van der Waals surface area contributed by atoms with Gasteiger partial charge in [-0.3, -0.25) is 15.0 Å². The fourth-order valence-electron chi connectivity index (χ4n) is 5.23. The predicted octanol–water partition coefficient (Wildman–Crippen LogP) is 5.14. The minimum absolute atomic E-state index is 0.235. The van der Waals surface area contributed by atoms with Crippen LogP contribution in [-0.2, 0) is 19.5 Å². The van der Waals surface area contributed by atoms with Crippen LogP contribution in [0.1, 0.15) is 47.7 Å². The molecular weight excluding hydrogens is 350 g/mol. The van der Waals surface area contributed by atoms with E-state index in [-0.39, 0.29) is 10.6 Å². The lowest BCUT2D eigenvalue weighted by Gasteiger charge is -2.33. The summed E-state index contributed by atoms with van der Waals surface area (Å²) in [6, 6.07) is 14.4. The van der Waals surface area contributed by atoms with Gasteiger partial charge in [-0.15, -0.1) is 0 Å². The summed E-state index contributed by atoms with van der Waals surface area (Å²) in [6.07, 6.45) is 4.51. The Bertz CT molecular complexity index is 1070. The summed E-state index contributed by atoms with van der Waals surface area (Å²) in [5.41, 5.74) is 6.68. The number of para-hydroxylation sites is 1. The average molecular weight is 375 g/mol. The minimum atomic E-state index is -0.251. The van der Waals surface area contributed by atoms with Crippen LogP contribution in [0.2, 0.25) is 0 Å². The molecule has 0 fully saturated rings. The molecule has 1 aromatic heterocycles. The SMILES string of the molecule is Cc1ccc2c(c1)c1c3n2CCCN(Cc2ccccc2[N+](=O)[O-])[C@H]3CCC1. The largest absolute Gasteiger partial charge is 0.343 e. The molecule has 5 nitrogen and oxygen atoms in total. The van der Waals surface area contributed by atoms with Crippen molar-refractivity contribution in [1.82, 2.24) is 9.47 Å². The topological polar surface area (TPSA) is 51.3 Å². The second-order valence-corrected chi connectivity index (χ2v) is 8.15. The number of rotatable bonds is 3. The number of benzene rings is 2. The summed E-state index contributed by atoms with van der Waals surface area (Å²) in [4.78, 5) is 13.7. The molecule has 1 aliphatic heterocycles. The lowest BCUT2D eigenvalue weighted by Crippen LogP contribution is -2.31. The Morgan fingerprint density at radius 3 is 2.86 bits per heavy atom. The number of hydrogen-bond acceptors (Lipinski definition) is 3. The summed E-state index contributed by atoms with van der Waals surface area (Å²) in [7, 11) is 0. The Kier molecular flexibility index (Phi) is 4.20. The highest BCUT2D eigenvalue weighted by molar-refractivity contribution is 5.87. The van der Waals surface area contributed by atoms with E-state index in [1.165, 1.54) is 34.1 Å². The van der Waals surface area contributed by atoms with Crippen LogP contribution in [0.3, 0.4) is 0 Å². The molecule has 0 radical (unpaired) electrons.